The van der Waals surface area contributed by atoms with Crippen molar-refractivity contribution in [3.05, 3.63) is 24.3 Å². The van der Waals surface area contributed by atoms with Crippen LogP contribution in [0.2, 0.25) is 0 Å². The van der Waals surface area contributed by atoms with Gasteiger partial charge in [0.2, 0.25) is 6.29 Å². The van der Waals surface area contributed by atoms with Crippen LogP contribution in [0.3, 0.4) is 0 Å². The molecule has 1 fully saturated rings. The van der Waals surface area contributed by atoms with Gasteiger partial charge in [0.05, 0.1) is 12.3 Å². The first-order valence-electron chi connectivity index (χ1n) is 5.86. The molecule has 1 saturated heterocycles. The maximum atomic E-state index is 9.79. The molecule has 1 aromatic rings. The van der Waals surface area contributed by atoms with Crippen LogP contribution in [0.25, 0.3) is 0 Å². The second-order valence-corrected chi connectivity index (χ2v) is 4.35. The number of rotatable bonds is 3. The van der Waals surface area contributed by atoms with Gasteiger partial charge in [-0.25, -0.2) is 0 Å². The minimum atomic E-state index is -1.47. The number of hydrogen-bond acceptors (Lipinski definition) is 7. The molecule has 0 radical (unpaired) electrons. The van der Waals surface area contributed by atoms with Crippen LogP contribution < -0.4 is 10.5 Å². The zero-order valence-electron chi connectivity index (χ0n) is 10.1. The molecular weight excluding hydrogens is 254 g/mol. The van der Waals surface area contributed by atoms with Crippen molar-refractivity contribution < 1.29 is 29.9 Å². The number of ether oxygens (including phenoxy) is 2. The van der Waals surface area contributed by atoms with Crippen molar-refractivity contribution in [3.63, 3.8) is 0 Å². The van der Waals surface area contributed by atoms with E-state index in [2.05, 4.69) is 0 Å². The number of aliphatic hydroxyl groups excluding tert-OH is 4. The molecule has 0 aromatic heterocycles. The third kappa shape index (κ3) is 2.80. The Kier molecular flexibility index (Phi) is 4.23. The molecule has 0 spiro atoms. The summed E-state index contributed by atoms with van der Waals surface area (Å²) in [5.74, 6) is 0.284. The van der Waals surface area contributed by atoms with Gasteiger partial charge in [-0.05, 0) is 12.1 Å². The van der Waals surface area contributed by atoms with Crippen molar-refractivity contribution in [3.8, 4) is 5.75 Å². The van der Waals surface area contributed by atoms with Gasteiger partial charge in [-0.2, -0.15) is 0 Å². The van der Waals surface area contributed by atoms with E-state index >= 15 is 0 Å². The van der Waals surface area contributed by atoms with Crippen molar-refractivity contribution in [2.75, 3.05) is 12.3 Å². The number of para-hydroxylation sites is 2. The standard InChI is InChI=1S/C12H17NO6/c13-6-3-1-2-4-7(6)18-12-11(17)10(16)9(15)8(5-14)19-12/h1-4,8-12,14-17H,5,13H2/t8-,9-,10+,11+,12?/m1/s1. The summed E-state index contributed by atoms with van der Waals surface area (Å²) in [6.07, 6.45) is -6.56. The Hall–Kier alpha value is -1.38. The Morgan fingerprint density at radius 1 is 1.11 bits per heavy atom. The SMILES string of the molecule is Nc1ccccc1OC1O[C@H](CO)[C@@H](O)[C@H](O)[C@@H]1O. The predicted octanol–water partition coefficient (Wildman–Crippen LogP) is -1.55. The molecule has 19 heavy (non-hydrogen) atoms. The Labute approximate surface area is 109 Å². The highest BCUT2D eigenvalue weighted by Crippen LogP contribution is 2.27. The van der Waals surface area contributed by atoms with Crippen molar-refractivity contribution in [1.29, 1.82) is 0 Å². The van der Waals surface area contributed by atoms with E-state index in [1.807, 2.05) is 0 Å². The van der Waals surface area contributed by atoms with Gasteiger partial charge in [-0.15, -0.1) is 0 Å². The van der Waals surface area contributed by atoms with Crippen molar-refractivity contribution in [2.45, 2.75) is 30.7 Å². The first-order chi connectivity index (χ1) is 9.04. The lowest BCUT2D eigenvalue weighted by molar-refractivity contribution is -0.277. The quantitative estimate of drug-likeness (QED) is 0.421. The van der Waals surface area contributed by atoms with Gasteiger partial charge >= 0.3 is 0 Å². The Bertz CT molecular complexity index is 426. The minimum absolute atomic E-state index is 0.284. The zero-order valence-corrected chi connectivity index (χ0v) is 10.1. The highest BCUT2D eigenvalue weighted by atomic mass is 16.7. The molecule has 7 heteroatoms. The molecule has 0 bridgehead atoms. The third-order valence-electron chi connectivity index (χ3n) is 3.01. The largest absolute Gasteiger partial charge is 0.460 e. The van der Waals surface area contributed by atoms with E-state index in [-0.39, 0.29) is 5.75 Å². The average Bonchev–Trinajstić information content (AvgIpc) is 2.41. The van der Waals surface area contributed by atoms with Crippen molar-refractivity contribution in [1.82, 2.24) is 0 Å². The monoisotopic (exact) mass is 271 g/mol. The van der Waals surface area contributed by atoms with Gasteiger partial charge in [0.1, 0.15) is 30.2 Å². The molecule has 0 aliphatic carbocycles. The predicted molar refractivity (Wildman–Crippen MR) is 65.2 cm³/mol. The summed E-state index contributed by atoms with van der Waals surface area (Å²) in [6.45, 7) is -0.505. The first-order valence-corrected chi connectivity index (χ1v) is 5.86. The summed E-state index contributed by atoms with van der Waals surface area (Å²) in [5, 5.41) is 38.1. The van der Waals surface area contributed by atoms with Crippen LogP contribution in [0.1, 0.15) is 0 Å². The summed E-state index contributed by atoms with van der Waals surface area (Å²) in [4.78, 5) is 0. The molecule has 1 aliphatic rings. The van der Waals surface area contributed by atoms with Gasteiger partial charge < -0.3 is 35.6 Å². The molecule has 2 rings (SSSR count). The molecule has 7 nitrogen and oxygen atoms in total. The van der Waals surface area contributed by atoms with Crippen molar-refractivity contribution >= 4 is 5.69 Å². The van der Waals surface area contributed by atoms with E-state index in [1.54, 1.807) is 24.3 Å². The lowest BCUT2D eigenvalue weighted by Gasteiger charge is -2.39. The lowest BCUT2D eigenvalue weighted by atomic mass is 9.99. The second-order valence-electron chi connectivity index (χ2n) is 4.35. The molecule has 6 N–H and O–H groups in total. The maximum absolute atomic E-state index is 9.79. The molecule has 1 heterocycles. The molecular formula is C12H17NO6. The summed E-state index contributed by atoms with van der Waals surface area (Å²) >= 11 is 0. The van der Waals surface area contributed by atoms with Gasteiger partial charge in [0.15, 0.2) is 0 Å². The molecule has 5 atom stereocenters. The number of nitrogen functional groups attached to an aromatic ring is 1. The smallest absolute Gasteiger partial charge is 0.229 e. The van der Waals surface area contributed by atoms with E-state index in [4.69, 9.17) is 20.3 Å². The van der Waals surface area contributed by atoms with E-state index in [0.29, 0.717) is 5.69 Å². The fourth-order valence-electron chi connectivity index (χ4n) is 1.88. The van der Waals surface area contributed by atoms with Crippen LogP contribution in [-0.2, 0) is 4.74 Å². The second kappa shape index (κ2) is 5.72. The molecule has 1 aromatic carbocycles. The Morgan fingerprint density at radius 2 is 1.79 bits per heavy atom. The summed E-state index contributed by atoms with van der Waals surface area (Å²) in [5.41, 5.74) is 6.04. The maximum Gasteiger partial charge on any atom is 0.229 e. The van der Waals surface area contributed by atoms with Crippen LogP contribution in [-0.4, -0.2) is 57.7 Å². The van der Waals surface area contributed by atoms with Gasteiger partial charge in [0.25, 0.3) is 0 Å². The van der Waals surface area contributed by atoms with Crippen molar-refractivity contribution in [2.24, 2.45) is 0 Å². The van der Waals surface area contributed by atoms with E-state index in [1.165, 1.54) is 0 Å². The lowest BCUT2D eigenvalue weighted by Crippen LogP contribution is -2.60. The number of hydrogen-bond donors (Lipinski definition) is 5. The van der Waals surface area contributed by atoms with E-state index in [0.717, 1.165) is 0 Å². The fourth-order valence-corrected chi connectivity index (χ4v) is 1.88. The average molecular weight is 271 g/mol. The number of nitrogens with two attached hydrogens (primary N) is 1. The van der Waals surface area contributed by atoms with Crippen LogP contribution in [0.5, 0.6) is 5.75 Å². The Morgan fingerprint density at radius 3 is 2.42 bits per heavy atom. The van der Waals surface area contributed by atoms with Crippen LogP contribution >= 0.6 is 0 Å². The van der Waals surface area contributed by atoms with Gasteiger partial charge in [-0.3, -0.25) is 0 Å². The minimum Gasteiger partial charge on any atom is -0.460 e. The third-order valence-corrected chi connectivity index (χ3v) is 3.01. The Balaban J connectivity index is 2.13. The first kappa shape index (κ1) is 14.0. The number of benzene rings is 1. The molecule has 1 aliphatic heterocycles. The molecule has 0 saturated carbocycles. The fraction of sp³-hybridized carbons (Fsp3) is 0.500. The van der Waals surface area contributed by atoms with E-state index in [9.17, 15) is 15.3 Å². The van der Waals surface area contributed by atoms with Crippen LogP contribution in [0, 0.1) is 0 Å². The summed E-state index contributed by atoms with van der Waals surface area (Å²) < 4.78 is 10.6. The number of anilines is 1. The number of aliphatic hydroxyl groups is 4. The normalized spacial score (nSPS) is 35.1. The van der Waals surface area contributed by atoms with Gasteiger partial charge in [0, 0.05) is 0 Å². The topological polar surface area (TPSA) is 125 Å². The molecule has 106 valence electrons. The van der Waals surface area contributed by atoms with E-state index < -0.39 is 37.3 Å². The zero-order chi connectivity index (χ0) is 14.0. The summed E-state index contributed by atoms with van der Waals surface area (Å²) in [6, 6.07) is 6.60. The molecule has 1 unspecified atom stereocenters. The van der Waals surface area contributed by atoms with Crippen LogP contribution in [0.4, 0.5) is 5.69 Å². The summed E-state index contributed by atoms with van der Waals surface area (Å²) in [7, 11) is 0. The molecule has 0 amide bonds. The van der Waals surface area contributed by atoms with Crippen LogP contribution in [0.15, 0.2) is 24.3 Å². The highest BCUT2D eigenvalue weighted by molar-refractivity contribution is 5.51. The van der Waals surface area contributed by atoms with Gasteiger partial charge in [-0.1, -0.05) is 12.1 Å². The highest BCUT2D eigenvalue weighted by Gasteiger charge is 2.44.